The molecule has 0 N–H and O–H groups in total. The molecule has 1 saturated carbocycles. The number of hydrogen-bond acceptors (Lipinski definition) is 4. The maximum absolute atomic E-state index is 12.6. The molecule has 4 nitrogen and oxygen atoms in total. The van der Waals surface area contributed by atoms with Gasteiger partial charge in [0.1, 0.15) is 11.3 Å². The zero-order chi connectivity index (χ0) is 19.7. The fourth-order valence-electron chi connectivity index (χ4n) is 3.89. The van der Waals surface area contributed by atoms with E-state index < -0.39 is 5.63 Å². The van der Waals surface area contributed by atoms with Gasteiger partial charge in [0.05, 0.1) is 11.5 Å². The number of hydrogen-bond donors (Lipinski definition) is 0. The summed E-state index contributed by atoms with van der Waals surface area (Å²) in [6.07, 6.45) is 5.08. The number of ether oxygens (including phenoxy) is 1. The van der Waals surface area contributed by atoms with Crippen molar-refractivity contribution in [1.29, 1.82) is 0 Å². The number of aryl methyl sites for hydroxylation is 1. The zero-order valence-electron chi connectivity index (χ0n) is 15.7. The highest BCUT2D eigenvalue weighted by Gasteiger charge is 2.23. The quantitative estimate of drug-likeness (QED) is 0.314. The van der Waals surface area contributed by atoms with Gasteiger partial charge in [-0.3, -0.25) is 4.79 Å². The van der Waals surface area contributed by atoms with Gasteiger partial charge in [-0.1, -0.05) is 43.0 Å². The summed E-state index contributed by atoms with van der Waals surface area (Å²) in [7, 11) is 0. The molecule has 4 rings (SSSR count). The van der Waals surface area contributed by atoms with Gasteiger partial charge in [-0.2, -0.15) is 0 Å². The third-order valence-corrected chi connectivity index (χ3v) is 5.68. The second-order valence-corrected chi connectivity index (χ2v) is 7.75. The first-order valence-electron chi connectivity index (χ1n) is 9.58. The predicted molar refractivity (Wildman–Crippen MR) is 110 cm³/mol. The minimum Gasteiger partial charge on any atom is -0.426 e. The number of benzene rings is 2. The van der Waals surface area contributed by atoms with E-state index in [0.717, 1.165) is 42.2 Å². The smallest absolute Gasteiger partial charge is 0.344 e. The van der Waals surface area contributed by atoms with Gasteiger partial charge in [0.25, 0.3) is 0 Å². The maximum Gasteiger partial charge on any atom is 0.344 e. The van der Waals surface area contributed by atoms with Crippen LogP contribution in [0, 0.1) is 12.8 Å². The van der Waals surface area contributed by atoms with Gasteiger partial charge in [-0.25, -0.2) is 4.79 Å². The Morgan fingerprint density at radius 3 is 2.50 bits per heavy atom. The van der Waals surface area contributed by atoms with Crippen LogP contribution in [-0.2, 0) is 4.79 Å². The summed E-state index contributed by atoms with van der Waals surface area (Å²) in [5, 5.41) is 1.41. The van der Waals surface area contributed by atoms with E-state index in [1.54, 1.807) is 36.4 Å². The van der Waals surface area contributed by atoms with Gasteiger partial charge in [0.15, 0.2) is 0 Å². The summed E-state index contributed by atoms with van der Waals surface area (Å²) in [5.41, 5.74) is 2.07. The fourth-order valence-corrected chi connectivity index (χ4v) is 4.01. The van der Waals surface area contributed by atoms with Crippen LogP contribution in [0.1, 0.15) is 37.7 Å². The maximum atomic E-state index is 12.6. The molecule has 2 aromatic carbocycles. The molecule has 0 radical (unpaired) electrons. The summed E-state index contributed by atoms with van der Waals surface area (Å²) in [6, 6.07) is 12.3. The fraction of sp³-hybridized carbons (Fsp3) is 0.304. The topological polar surface area (TPSA) is 56.5 Å². The largest absolute Gasteiger partial charge is 0.426 e. The van der Waals surface area contributed by atoms with Crippen LogP contribution in [0.3, 0.4) is 0 Å². The molecule has 0 amide bonds. The van der Waals surface area contributed by atoms with Crippen LogP contribution in [0.4, 0.5) is 0 Å². The summed E-state index contributed by atoms with van der Waals surface area (Å²) in [4.78, 5) is 25.0. The van der Waals surface area contributed by atoms with E-state index in [1.165, 1.54) is 6.42 Å². The van der Waals surface area contributed by atoms with Crippen LogP contribution >= 0.6 is 11.6 Å². The van der Waals surface area contributed by atoms with Gasteiger partial charge in [-0.15, -0.1) is 0 Å². The molecule has 3 aromatic rings. The van der Waals surface area contributed by atoms with Crippen molar-refractivity contribution in [2.24, 2.45) is 5.92 Å². The molecular formula is C23H21ClO4. The van der Waals surface area contributed by atoms with Gasteiger partial charge in [0, 0.05) is 16.5 Å². The lowest BCUT2D eigenvalue weighted by molar-refractivity contribution is -0.139. The molecule has 1 aliphatic rings. The lowest BCUT2D eigenvalue weighted by Crippen LogP contribution is -2.22. The van der Waals surface area contributed by atoms with Crippen molar-refractivity contribution < 1.29 is 13.9 Å². The van der Waals surface area contributed by atoms with Crippen molar-refractivity contribution in [1.82, 2.24) is 0 Å². The van der Waals surface area contributed by atoms with Crippen molar-refractivity contribution in [2.45, 2.75) is 39.0 Å². The molecular weight excluding hydrogens is 376 g/mol. The molecule has 144 valence electrons. The van der Waals surface area contributed by atoms with Crippen LogP contribution in [0.15, 0.2) is 51.7 Å². The van der Waals surface area contributed by atoms with Crippen molar-refractivity contribution in [3.8, 4) is 16.9 Å². The normalized spacial score (nSPS) is 14.9. The van der Waals surface area contributed by atoms with E-state index in [9.17, 15) is 9.59 Å². The molecule has 0 spiro atoms. The molecule has 1 heterocycles. The van der Waals surface area contributed by atoms with Gasteiger partial charge in [0.2, 0.25) is 0 Å². The molecule has 28 heavy (non-hydrogen) atoms. The van der Waals surface area contributed by atoms with Gasteiger partial charge in [-0.05, 0) is 55.2 Å². The van der Waals surface area contributed by atoms with E-state index in [0.29, 0.717) is 21.9 Å². The van der Waals surface area contributed by atoms with Crippen LogP contribution in [-0.4, -0.2) is 5.97 Å². The summed E-state index contributed by atoms with van der Waals surface area (Å²) in [6.45, 7) is 1.89. The Balaban J connectivity index is 1.67. The molecule has 0 atom stereocenters. The Hall–Kier alpha value is -2.59. The average Bonchev–Trinajstić information content (AvgIpc) is 2.70. The molecule has 0 aliphatic heterocycles. The third-order valence-electron chi connectivity index (χ3n) is 5.43. The van der Waals surface area contributed by atoms with Crippen molar-refractivity contribution in [3.63, 3.8) is 0 Å². The SMILES string of the molecule is Cc1c(-c2ccc(Cl)cc2)c(=O)oc2cc(OC(=O)C3CCCCC3)ccc12. The molecule has 0 saturated heterocycles. The Labute approximate surface area is 168 Å². The Morgan fingerprint density at radius 2 is 1.79 bits per heavy atom. The van der Waals surface area contributed by atoms with E-state index >= 15 is 0 Å². The van der Waals surface area contributed by atoms with E-state index in [-0.39, 0.29) is 11.9 Å². The number of halogens is 1. The Morgan fingerprint density at radius 1 is 1.07 bits per heavy atom. The minimum absolute atomic E-state index is 0.0366. The van der Waals surface area contributed by atoms with Gasteiger partial charge < -0.3 is 9.15 Å². The summed E-state index contributed by atoms with van der Waals surface area (Å²) in [5.74, 6) is 0.172. The highest BCUT2D eigenvalue weighted by atomic mass is 35.5. The minimum atomic E-state index is -0.428. The first-order valence-corrected chi connectivity index (χ1v) is 9.96. The monoisotopic (exact) mass is 396 g/mol. The first-order chi connectivity index (χ1) is 13.5. The van der Waals surface area contributed by atoms with E-state index in [1.807, 2.05) is 13.0 Å². The molecule has 0 unspecified atom stereocenters. The first kappa shape index (κ1) is 18.8. The molecule has 1 aromatic heterocycles. The van der Waals surface area contributed by atoms with E-state index in [4.69, 9.17) is 20.8 Å². The van der Waals surface area contributed by atoms with Crippen LogP contribution in [0.25, 0.3) is 22.1 Å². The van der Waals surface area contributed by atoms with Crippen molar-refractivity contribution in [3.05, 3.63) is 63.5 Å². The summed E-state index contributed by atoms with van der Waals surface area (Å²) >= 11 is 5.95. The van der Waals surface area contributed by atoms with Crippen LogP contribution in [0.2, 0.25) is 5.02 Å². The number of fused-ring (bicyclic) bond motifs is 1. The molecule has 1 fully saturated rings. The molecule has 5 heteroatoms. The second kappa shape index (κ2) is 7.80. The standard InChI is InChI=1S/C23H21ClO4/c1-14-19-12-11-18(27-22(25)16-5-3-2-4-6-16)13-20(19)28-23(26)21(14)15-7-9-17(24)10-8-15/h7-13,16H,2-6H2,1H3. The number of carbonyl (C=O) groups excluding carboxylic acids is 1. The molecule has 1 aliphatic carbocycles. The van der Waals surface area contributed by atoms with Crippen molar-refractivity contribution >= 4 is 28.5 Å². The number of carbonyl (C=O) groups is 1. The number of rotatable bonds is 3. The highest BCUT2D eigenvalue weighted by Crippen LogP contribution is 2.31. The number of esters is 1. The van der Waals surface area contributed by atoms with Crippen LogP contribution in [0.5, 0.6) is 5.75 Å². The molecule has 0 bridgehead atoms. The Bertz CT molecular complexity index is 1080. The van der Waals surface area contributed by atoms with Gasteiger partial charge >= 0.3 is 11.6 Å². The lowest BCUT2D eigenvalue weighted by Gasteiger charge is -2.19. The van der Waals surface area contributed by atoms with Crippen LogP contribution < -0.4 is 10.4 Å². The highest BCUT2D eigenvalue weighted by molar-refractivity contribution is 6.30. The van der Waals surface area contributed by atoms with Crippen molar-refractivity contribution in [2.75, 3.05) is 0 Å². The summed E-state index contributed by atoms with van der Waals surface area (Å²) < 4.78 is 11.1. The Kier molecular flexibility index (Phi) is 5.23. The average molecular weight is 397 g/mol. The predicted octanol–water partition coefficient (Wildman–Crippen LogP) is 5.91. The zero-order valence-corrected chi connectivity index (χ0v) is 16.4. The van der Waals surface area contributed by atoms with E-state index in [2.05, 4.69) is 0 Å². The lowest BCUT2D eigenvalue weighted by atomic mass is 9.89. The third kappa shape index (κ3) is 3.69. The second-order valence-electron chi connectivity index (χ2n) is 7.31.